The molecule has 0 spiro atoms. The number of hydrogen-bond acceptors (Lipinski definition) is 5. The normalized spacial score (nSPS) is 27.9. The molecule has 7 heteroatoms. The number of esters is 1. The summed E-state index contributed by atoms with van der Waals surface area (Å²) < 4.78 is 5.10. The maximum absolute atomic E-state index is 12.8. The van der Waals surface area contributed by atoms with Crippen LogP contribution in [0, 0.1) is 37.5 Å². The Kier molecular flexibility index (Phi) is 4.76. The van der Waals surface area contributed by atoms with Gasteiger partial charge in [0.05, 0.1) is 11.8 Å². The van der Waals surface area contributed by atoms with Crippen molar-refractivity contribution in [2.45, 2.75) is 33.2 Å². The highest BCUT2D eigenvalue weighted by molar-refractivity contribution is 6.09. The third kappa shape index (κ3) is 3.24. The van der Waals surface area contributed by atoms with E-state index < -0.39 is 24.5 Å². The van der Waals surface area contributed by atoms with Gasteiger partial charge in [-0.15, -0.1) is 0 Å². The molecule has 2 fully saturated rings. The monoisotopic (exact) mass is 396 g/mol. The number of nitrogens with zero attached hydrogens (tertiary/aromatic N) is 1. The predicted octanol–water partition coefficient (Wildman–Crippen LogP) is 1.98. The van der Waals surface area contributed by atoms with E-state index in [0.29, 0.717) is 5.69 Å². The van der Waals surface area contributed by atoms with Crippen LogP contribution < -0.4 is 5.32 Å². The fourth-order valence-corrected chi connectivity index (χ4v) is 4.73. The molecule has 1 N–H and O–H groups in total. The highest BCUT2D eigenvalue weighted by atomic mass is 16.5. The third-order valence-corrected chi connectivity index (χ3v) is 6.25. The Morgan fingerprint density at radius 1 is 1.14 bits per heavy atom. The summed E-state index contributed by atoms with van der Waals surface area (Å²) in [4.78, 5) is 51.2. The number of carbonyl (C=O) groups is 4. The van der Waals surface area contributed by atoms with Crippen LogP contribution in [0.2, 0.25) is 0 Å². The highest BCUT2D eigenvalue weighted by Crippen LogP contribution is 2.52. The van der Waals surface area contributed by atoms with E-state index in [1.54, 1.807) is 0 Å². The van der Waals surface area contributed by atoms with Gasteiger partial charge in [0.1, 0.15) is 6.04 Å². The zero-order chi connectivity index (χ0) is 20.9. The second kappa shape index (κ2) is 7.13. The van der Waals surface area contributed by atoms with Crippen molar-refractivity contribution in [3.05, 3.63) is 41.5 Å². The van der Waals surface area contributed by atoms with Crippen molar-refractivity contribution in [1.82, 2.24) is 4.90 Å². The number of carbonyl (C=O) groups excluding carboxylic acids is 4. The minimum absolute atomic E-state index is 0.0815. The molecule has 4 rings (SSSR count). The molecule has 1 aromatic rings. The molecule has 1 saturated carbocycles. The maximum Gasteiger partial charge on any atom is 0.329 e. The topological polar surface area (TPSA) is 92.8 Å². The second-order valence-corrected chi connectivity index (χ2v) is 8.20. The number of likely N-dealkylation sites (tertiary alicyclic amines) is 1. The van der Waals surface area contributed by atoms with Gasteiger partial charge in [-0.25, -0.2) is 4.79 Å². The van der Waals surface area contributed by atoms with E-state index >= 15 is 0 Å². The maximum atomic E-state index is 12.8. The SMILES string of the molecule is Cc1ccc(C)c(NC(=O)COC(=O)[C@H](C)N2C(=O)[C@@H]3[C@@H](C2=O)[C@H]2C=C[C@H]3C2)c1. The summed E-state index contributed by atoms with van der Waals surface area (Å²) in [7, 11) is 0. The lowest BCUT2D eigenvalue weighted by Gasteiger charge is -2.23. The molecule has 152 valence electrons. The molecule has 5 atom stereocenters. The number of imide groups is 1. The Bertz CT molecular complexity index is 907. The van der Waals surface area contributed by atoms with Crippen LogP contribution in [0.1, 0.15) is 24.5 Å². The van der Waals surface area contributed by atoms with E-state index in [-0.39, 0.29) is 35.5 Å². The second-order valence-electron chi connectivity index (χ2n) is 8.20. The van der Waals surface area contributed by atoms with Crippen molar-refractivity contribution in [3.8, 4) is 0 Å². The molecule has 29 heavy (non-hydrogen) atoms. The lowest BCUT2D eigenvalue weighted by Crippen LogP contribution is -2.45. The molecule has 0 aromatic heterocycles. The van der Waals surface area contributed by atoms with E-state index in [9.17, 15) is 19.2 Å². The molecular formula is C22H24N2O5. The Labute approximate surface area is 169 Å². The molecule has 1 heterocycles. The molecule has 1 saturated heterocycles. The number of amides is 3. The molecule has 1 aliphatic heterocycles. The lowest BCUT2D eigenvalue weighted by molar-refractivity contribution is -0.159. The van der Waals surface area contributed by atoms with E-state index in [0.717, 1.165) is 22.4 Å². The molecule has 1 aromatic carbocycles. The van der Waals surface area contributed by atoms with Gasteiger partial charge in [-0.1, -0.05) is 24.3 Å². The Morgan fingerprint density at radius 2 is 1.76 bits per heavy atom. The van der Waals surface area contributed by atoms with Crippen LogP contribution in [0.5, 0.6) is 0 Å². The van der Waals surface area contributed by atoms with Gasteiger partial charge in [0.15, 0.2) is 6.61 Å². The third-order valence-electron chi connectivity index (χ3n) is 6.25. The van der Waals surface area contributed by atoms with Crippen LogP contribution in [-0.2, 0) is 23.9 Å². The van der Waals surface area contributed by atoms with Crippen LogP contribution in [-0.4, -0.2) is 41.2 Å². The average Bonchev–Trinajstić information content (AvgIpc) is 3.36. The number of hydrogen-bond donors (Lipinski definition) is 1. The summed E-state index contributed by atoms with van der Waals surface area (Å²) >= 11 is 0. The largest absolute Gasteiger partial charge is 0.454 e. The first kappa shape index (κ1) is 19.4. The molecule has 3 amide bonds. The molecule has 3 aliphatic rings. The van der Waals surface area contributed by atoms with Crippen molar-refractivity contribution in [3.63, 3.8) is 0 Å². The van der Waals surface area contributed by atoms with Gasteiger partial charge in [-0.05, 0) is 56.2 Å². The Balaban J connectivity index is 1.35. The minimum atomic E-state index is -1.05. The zero-order valence-electron chi connectivity index (χ0n) is 16.7. The number of nitrogens with one attached hydrogen (secondary N) is 1. The standard InChI is InChI=1S/C22H24N2O5/c1-11-4-5-12(2)16(8-11)23-17(25)10-29-22(28)13(3)24-20(26)18-14-6-7-15(9-14)19(18)21(24)27/h4-8,13-15,18-19H,9-10H2,1-3H3,(H,23,25)/t13-,14-,15-,18-,19-/m0/s1. The number of anilines is 1. The number of allylic oxidation sites excluding steroid dienone is 2. The molecular weight excluding hydrogens is 372 g/mol. The van der Waals surface area contributed by atoms with Crippen molar-refractivity contribution >= 4 is 29.4 Å². The first-order chi connectivity index (χ1) is 13.8. The average molecular weight is 396 g/mol. The van der Waals surface area contributed by atoms with E-state index in [1.165, 1.54) is 6.92 Å². The van der Waals surface area contributed by atoms with Crippen molar-refractivity contribution in [2.24, 2.45) is 23.7 Å². The molecule has 7 nitrogen and oxygen atoms in total. The van der Waals surface area contributed by atoms with Crippen LogP contribution in [0.4, 0.5) is 5.69 Å². The van der Waals surface area contributed by atoms with Crippen molar-refractivity contribution < 1.29 is 23.9 Å². The van der Waals surface area contributed by atoms with Crippen LogP contribution >= 0.6 is 0 Å². The van der Waals surface area contributed by atoms with Crippen LogP contribution in [0.25, 0.3) is 0 Å². The van der Waals surface area contributed by atoms with Gasteiger partial charge in [0.25, 0.3) is 5.91 Å². The van der Waals surface area contributed by atoms with Gasteiger partial charge in [0.2, 0.25) is 11.8 Å². The van der Waals surface area contributed by atoms with Gasteiger partial charge < -0.3 is 10.1 Å². The van der Waals surface area contributed by atoms with E-state index in [2.05, 4.69) is 5.32 Å². The summed E-state index contributed by atoms with van der Waals surface area (Å²) in [5.74, 6) is -2.40. The highest BCUT2D eigenvalue weighted by Gasteiger charge is 2.60. The van der Waals surface area contributed by atoms with Gasteiger partial charge in [-0.2, -0.15) is 0 Å². The zero-order valence-corrected chi connectivity index (χ0v) is 16.7. The summed E-state index contributed by atoms with van der Waals surface area (Å²) in [5.41, 5.74) is 2.54. The first-order valence-electron chi connectivity index (χ1n) is 9.87. The molecule has 2 aliphatic carbocycles. The number of rotatable bonds is 5. The van der Waals surface area contributed by atoms with Gasteiger partial charge >= 0.3 is 5.97 Å². The van der Waals surface area contributed by atoms with Crippen LogP contribution in [0.3, 0.4) is 0 Å². The summed E-state index contributed by atoms with van der Waals surface area (Å²) in [6.45, 7) is 4.77. The van der Waals surface area contributed by atoms with Crippen LogP contribution in [0.15, 0.2) is 30.4 Å². The Morgan fingerprint density at radius 3 is 2.38 bits per heavy atom. The van der Waals surface area contributed by atoms with Crippen molar-refractivity contribution in [1.29, 1.82) is 0 Å². The Hall–Kier alpha value is -2.96. The number of fused-ring (bicyclic) bond motifs is 5. The van der Waals surface area contributed by atoms with Crippen molar-refractivity contribution in [2.75, 3.05) is 11.9 Å². The quantitative estimate of drug-likeness (QED) is 0.467. The molecule has 0 unspecified atom stereocenters. The van der Waals surface area contributed by atoms with Gasteiger partial charge in [-0.3, -0.25) is 19.3 Å². The summed E-state index contributed by atoms with van der Waals surface area (Å²) in [5, 5.41) is 2.71. The number of benzene rings is 1. The molecule has 0 radical (unpaired) electrons. The molecule has 2 bridgehead atoms. The summed E-state index contributed by atoms with van der Waals surface area (Å²) in [6.07, 6.45) is 4.83. The number of ether oxygens (including phenoxy) is 1. The van der Waals surface area contributed by atoms with Gasteiger partial charge in [0, 0.05) is 5.69 Å². The number of aryl methyl sites for hydroxylation is 2. The van der Waals surface area contributed by atoms with E-state index in [1.807, 2.05) is 44.2 Å². The first-order valence-corrected chi connectivity index (χ1v) is 9.87. The van der Waals surface area contributed by atoms with E-state index in [4.69, 9.17) is 4.74 Å². The lowest BCUT2D eigenvalue weighted by atomic mass is 9.85. The fraction of sp³-hybridized carbons (Fsp3) is 0.455. The minimum Gasteiger partial charge on any atom is -0.454 e. The predicted molar refractivity (Wildman–Crippen MR) is 105 cm³/mol. The smallest absolute Gasteiger partial charge is 0.329 e. The fourth-order valence-electron chi connectivity index (χ4n) is 4.73. The summed E-state index contributed by atoms with van der Waals surface area (Å²) in [6, 6.07) is 4.62.